The van der Waals surface area contributed by atoms with Gasteiger partial charge < -0.3 is 0 Å². The third-order valence-electron chi connectivity index (χ3n) is 3.77. The molecule has 116 valence electrons. The maximum atomic E-state index is 11.0. The van der Waals surface area contributed by atoms with Crippen LogP contribution in [0.2, 0.25) is 0 Å². The number of imidazole rings is 1. The molecule has 0 aliphatic rings. The van der Waals surface area contributed by atoms with Crippen LogP contribution in [-0.2, 0) is 0 Å². The number of hydrogen-bond acceptors (Lipinski definition) is 4. The summed E-state index contributed by atoms with van der Waals surface area (Å²) in [7, 11) is 0. The summed E-state index contributed by atoms with van der Waals surface area (Å²) in [5.41, 5.74) is 3.14. The van der Waals surface area contributed by atoms with Crippen molar-refractivity contribution >= 4 is 11.2 Å². The zero-order chi connectivity index (χ0) is 16.5. The Labute approximate surface area is 137 Å². The van der Waals surface area contributed by atoms with Gasteiger partial charge >= 0.3 is 0 Å². The fourth-order valence-corrected chi connectivity index (χ4v) is 2.69. The molecule has 24 heavy (non-hydrogen) atoms. The van der Waals surface area contributed by atoms with Crippen LogP contribution in [0.4, 0.5) is 5.69 Å². The number of fused-ring (bicyclic) bond motifs is 1. The summed E-state index contributed by atoms with van der Waals surface area (Å²) in [4.78, 5) is 19.7. The molecule has 0 aliphatic carbocycles. The van der Waals surface area contributed by atoms with Gasteiger partial charge in [-0.05, 0) is 24.3 Å². The Morgan fingerprint density at radius 3 is 2.67 bits per heavy atom. The average Bonchev–Trinajstić information content (AvgIpc) is 3.02. The van der Waals surface area contributed by atoms with E-state index in [0.717, 1.165) is 16.9 Å². The Kier molecular flexibility index (Phi) is 3.28. The number of non-ortho nitro benzene ring substituents is 1. The quantitative estimate of drug-likeness (QED) is 0.423. The molecule has 0 N–H and O–H groups in total. The molecule has 3 aromatic heterocycles. The van der Waals surface area contributed by atoms with E-state index in [2.05, 4.69) is 4.98 Å². The molecule has 0 spiro atoms. The summed E-state index contributed by atoms with van der Waals surface area (Å²) in [5, 5.41) is 11.0. The zero-order valence-electron chi connectivity index (χ0n) is 12.5. The number of nitro groups is 1. The van der Waals surface area contributed by atoms with E-state index in [-0.39, 0.29) is 5.69 Å². The first-order valence-corrected chi connectivity index (χ1v) is 7.37. The second kappa shape index (κ2) is 5.58. The zero-order valence-corrected chi connectivity index (χ0v) is 12.5. The molecule has 0 aliphatic heterocycles. The van der Waals surface area contributed by atoms with Crippen LogP contribution < -0.4 is 0 Å². The van der Waals surface area contributed by atoms with Crippen LogP contribution in [0.25, 0.3) is 28.3 Å². The molecule has 4 rings (SSSR count). The van der Waals surface area contributed by atoms with Crippen LogP contribution in [0.5, 0.6) is 0 Å². The molecule has 0 radical (unpaired) electrons. The Balaban J connectivity index is 1.97. The van der Waals surface area contributed by atoms with E-state index in [4.69, 9.17) is 4.98 Å². The summed E-state index contributed by atoms with van der Waals surface area (Å²) in [6.45, 7) is 0. The summed E-state index contributed by atoms with van der Waals surface area (Å²) in [5.74, 6) is 0.648. The molecular formula is C18H12N4O2. The summed E-state index contributed by atoms with van der Waals surface area (Å²) >= 11 is 0. The predicted molar refractivity (Wildman–Crippen MR) is 90.5 cm³/mol. The number of rotatable bonds is 3. The van der Waals surface area contributed by atoms with Crippen molar-refractivity contribution in [2.75, 3.05) is 0 Å². The second-order valence-electron chi connectivity index (χ2n) is 5.26. The maximum Gasteiger partial charge on any atom is 0.270 e. The molecule has 3 heterocycles. The molecule has 6 nitrogen and oxygen atoms in total. The highest BCUT2D eigenvalue weighted by atomic mass is 16.6. The van der Waals surface area contributed by atoms with E-state index in [1.165, 1.54) is 12.1 Å². The molecule has 0 saturated heterocycles. The third kappa shape index (κ3) is 2.30. The minimum atomic E-state index is -0.404. The fraction of sp³-hybridized carbons (Fsp3) is 0. The van der Waals surface area contributed by atoms with Crippen molar-refractivity contribution < 1.29 is 4.92 Å². The van der Waals surface area contributed by atoms with E-state index in [0.29, 0.717) is 11.4 Å². The van der Waals surface area contributed by atoms with Crippen LogP contribution in [0, 0.1) is 10.1 Å². The number of benzene rings is 1. The standard InChI is InChI=1S/C18H12N4O2/c23-22(24)14-7-5-6-13(12-14)18-20-17(15-8-1-3-10-19-15)16-9-2-4-11-21(16)18/h1-12H. The molecule has 0 atom stereocenters. The fourth-order valence-electron chi connectivity index (χ4n) is 2.69. The monoisotopic (exact) mass is 316 g/mol. The molecular weight excluding hydrogens is 304 g/mol. The van der Waals surface area contributed by atoms with Gasteiger partial charge in [-0.1, -0.05) is 24.3 Å². The van der Waals surface area contributed by atoms with E-state index >= 15 is 0 Å². The van der Waals surface area contributed by atoms with Crippen molar-refractivity contribution in [3.8, 4) is 22.8 Å². The maximum absolute atomic E-state index is 11.0. The smallest absolute Gasteiger partial charge is 0.270 e. The summed E-state index contributed by atoms with van der Waals surface area (Å²) in [6, 6.07) is 17.9. The van der Waals surface area contributed by atoms with Crippen LogP contribution in [0.15, 0.2) is 73.1 Å². The Bertz CT molecular complexity index is 1040. The van der Waals surface area contributed by atoms with Gasteiger partial charge in [0, 0.05) is 30.1 Å². The van der Waals surface area contributed by atoms with Crippen molar-refractivity contribution in [1.82, 2.24) is 14.4 Å². The highest BCUT2D eigenvalue weighted by Gasteiger charge is 2.16. The van der Waals surface area contributed by atoms with Crippen LogP contribution >= 0.6 is 0 Å². The van der Waals surface area contributed by atoms with Crippen molar-refractivity contribution in [3.05, 3.63) is 83.2 Å². The van der Waals surface area contributed by atoms with Gasteiger partial charge in [0.15, 0.2) is 0 Å². The Hall–Kier alpha value is -3.54. The van der Waals surface area contributed by atoms with Crippen molar-refractivity contribution in [3.63, 3.8) is 0 Å². The second-order valence-corrected chi connectivity index (χ2v) is 5.26. The third-order valence-corrected chi connectivity index (χ3v) is 3.77. The number of nitrogens with zero attached hydrogens (tertiary/aromatic N) is 4. The lowest BCUT2D eigenvalue weighted by molar-refractivity contribution is -0.384. The van der Waals surface area contributed by atoms with Crippen molar-refractivity contribution in [2.45, 2.75) is 0 Å². The lowest BCUT2D eigenvalue weighted by Gasteiger charge is -2.01. The van der Waals surface area contributed by atoms with Crippen molar-refractivity contribution in [1.29, 1.82) is 0 Å². The van der Waals surface area contributed by atoms with E-state index < -0.39 is 4.92 Å². The first-order valence-electron chi connectivity index (χ1n) is 7.37. The van der Waals surface area contributed by atoms with Crippen molar-refractivity contribution in [2.24, 2.45) is 0 Å². The molecule has 6 heteroatoms. The van der Waals surface area contributed by atoms with Crippen LogP contribution in [-0.4, -0.2) is 19.3 Å². The van der Waals surface area contributed by atoms with Gasteiger partial charge in [0.25, 0.3) is 5.69 Å². The Morgan fingerprint density at radius 2 is 1.88 bits per heavy atom. The van der Waals surface area contributed by atoms with Gasteiger partial charge in [-0.15, -0.1) is 0 Å². The minimum Gasteiger partial charge on any atom is -0.299 e. The van der Waals surface area contributed by atoms with E-state index in [9.17, 15) is 10.1 Å². The van der Waals surface area contributed by atoms with Gasteiger partial charge in [-0.25, -0.2) is 4.98 Å². The number of aromatic nitrogens is 3. The molecule has 0 bridgehead atoms. The molecule has 4 aromatic rings. The SMILES string of the molecule is O=[N+]([O-])c1cccc(-c2nc(-c3ccccn3)c3ccccn23)c1. The molecule has 0 amide bonds. The topological polar surface area (TPSA) is 73.3 Å². The van der Waals surface area contributed by atoms with Crippen LogP contribution in [0.1, 0.15) is 0 Å². The average molecular weight is 316 g/mol. The Morgan fingerprint density at radius 1 is 1.00 bits per heavy atom. The summed E-state index contributed by atoms with van der Waals surface area (Å²) in [6.07, 6.45) is 3.61. The highest BCUT2D eigenvalue weighted by Crippen LogP contribution is 2.29. The highest BCUT2D eigenvalue weighted by molar-refractivity contribution is 5.80. The first kappa shape index (κ1) is 14.1. The van der Waals surface area contributed by atoms with E-state index in [1.54, 1.807) is 12.3 Å². The van der Waals surface area contributed by atoms with Gasteiger partial charge in [0.05, 0.1) is 16.1 Å². The normalized spacial score (nSPS) is 10.8. The molecule has 1 aromatic carbocycles. The van der Waals surface area contributed by atoms with Gasteiger partial charge in [0.2, 0.25) is 0 Å². The number of hydrogen-bond donors (Lipinski definition) is 0. The first-order chi connectivity index (χ1) is 11.7. The number of nitro benzene ring substituents is 1. The minimum absolute atomic E-state index is 0.0413. The molecule has 0 saturated carbocycles. The van der Waals surface area contributed by atoms with E-state index in [1.807, 2.05) is 53.1 Å². The largest absolute Gasteiger partial charge is 0.299 e. The van der Waals surface area contributed by atoms with Gasteiger partial charge in [-0.3, -0.25) is 19.5 Å². The summed E-state index contributed by atoms with van der Waals surface area (Å²) < 4.78 is 1.92. The lowest BCUT2D eigenvalue weighted by atomic mass is 10.2. The van der Waals surface area contributed by atoms with Crippen LogP contribution in [0.3, 0.4) is 0 Å². The lowest BCUT2D eigenvalue weighted by Crippen LogP contribution is -1.91. The number of pyridine rings is 2. The van der Waals surface area contributed by atoms with Gasteiger partial charge in [-0.2, -0.15) is 0 Å². The predicted octanol–water partition coefficient (Wildman–Crippen LogP) is 3.97. The molecule has 0 unspecified atom stereocenters. The molecule has 0 fully saturated rings. The van der Waals surface area contributed by atoms with Gasteiger partial charge in [0.1, 0.15) is 11.5 Å².